The van der Waals surface area contributed by atoms with Crippen molar-refractivity contribution in [3.63, 3.8) is 0 Å². The van der Waals surface area contributed by atoms with Crippen LogP contribution in [0.1, 0.15) is 24.8 Å². The number of hydrogen-bond donors (Lipinski definition) is 0. The SMILES string of the molecule is C#CCN(CC=C)C(=O)[C@@H]1CCC(=O)N(CCCc2ccccc2)C1. The summed E-state index contributed by atoms with van der Waals surface area (Å²) in [5, 5.41) is 0. The van der Waals surface area contributed by atoms with Crippen molar-refractivity contribution in [1.29, 1.82) is 0 Å². The smallest absolute Gasteiger partial charge is 0.228 e. The van der Waals surface area contributed by atoms with E-state index in [-0.39, 0.29) is 24.3 Å². The Morgan fingerprint density at radius 3 is 2.84 bits per heavy atom. The number of aryl methyl sites for hydroxylation is 1. The summed E-state index contributed by atoms with van der Waals surface area (Å²) in [4.78, 5) is 28.3. The van der Waals surface area contributed by atoms with Gasteiger partial charge in [-0.2, -0.15) is 0 Å². The van der Waals surface area contributed by atoms with E-state index < -0.39 is 0 Å². The summed E-state index contributed by atoms with van der Waals surface area (Å²) in [6.45, 7) is 5.59. The Morgan fingerprint density at radius 2 is 2.16 bits per heavy atom. The molecule has 4 nitrogen and oxygen atoms in total. The predicted molar refractivity (Wildman–Crippen MR) is 99.7 cm³/mol. The molecule has 0 aromatic heterocycles. The highest BCUT2D eigenvalue weighted by molar-refractivity contribution is 5.84. The maximum Gasteiger partial charge on any atom is 0.228 e. The fourth-order valence-corrected chi connectivity index (χ4v) is 3.21. The predicted octanol–water partition coefficient (Wildman–Crippen LogP) is 2.51. The second-order valence-electron chi connectivity index (χ2n) is 6.38. The number of benzene rings is 1. The topological polar surface area (TPSA) is 40.6 Å². The monoisotopic (exact) mass is 338 g/mol. The first-order chi connectivity index (χ1) is 12.2. The van der Waals surface area contributed by atoms with Gasteiger partial charge in [0, 0.05) is 26.1 Å². The van der Waals surface area contributed by atoms with Gasteiger partial charge in [0.1, 0.15) is 0 Å². The minimum absolute atomic E-state index is 0.0263. The van der Waals surface area contributed by atoms with Gasteiger partial charge in [-0.15, -0.1) is 13.0 Å². The molecule has 1 atom stereocenters. The number of piperidine rings is 1. The van der Waals surface area contributed by atoms with E-state index in [0.717, 1.165) is 12.8 Å². The van der Waals surface area contributed by atoms with Gasteiger partial charge in [0.05, 0.1) is 12.5 Å². The van der Waals surface area contributed by atoms with E-state index in [4.69, 9.17) is 6.42 Å². The van der Waals surface area contributed by atoms with E-state index in [1.54, 1.807) is 11.0 Å². The van der Waals surface area contributed by atoms with E-state index in [1.807, 2.05) is 23.1 Å². The minimum atomic E-state index is -0.164. The molecule has 0 saturated carbocycles. The highest BCUT2D eigenvalue weighted by atomic mass is 16.2. The molecule has 0 aliphatic carbocycles. The standard InChI is InChI=1S/C21H26N2O2/c1-3-14-22(15-4-2)21(25)19-12-13-20(24)23(17-19)16-8-11-18-9-6-5-7-10-18/h1,4-7,9-10,19H,2,8,11-17H2/t19-/m1/s1. The van der Waals surface area contributed by atoms with Crippen molar-refractivity contribution in [3.8, 4) is 12.3 Å². The van der Waals surface area contributed by atoms with Crippen LogP contribution < -0.4 is 0 Å². The van der Waals surface area contributed by atoms with Gasteiger partial charge in [0.25, 0.3) is 0 Å². The number of carbonyl (C=O) groups is 2. The van der Waals surface area contributed by atoms with Crippen LogP contribution in [-0.4, -0.2) is 47.8 Å². The lowest BCUT2D eigenvalue weighted by Gasteiger charge is -2.34. The Hall–Kier alpha value is -2.54. The summed E-state index contributed by atoms with van der Waals surface area (Å²) in [7, 11) is 0. The maximum atomic E-state index is 12.7. The lowest BCUT2D eigenvalue weighted by atomic mass is 9.95. The number of rotatable bonds is 8. The lowest BCUT2D eigenvalue weighted by Crippen LogP contribution is -2.47. The third kappa shape index (κ3) is 5.49. The molecule has 1 aromatic carbocycles. The Bertz CT molecular complexity index is 633. The zero-order valence-electron chi connectivity index (χ0n) is 14.7. The van der Waals surface area contributed by atoms with Crippen molar-refractivity contribution in [2.24, 2.45) is 5.92 Å². The summed E-state index contributed by atoms with van der Waals surface area (Å²) < 4.78 is 0. The van der Waals surface area contributed by atoms with Crippen LogP contribution in [0.2, 0.25) is 0 Å². The summed E-state index contributed by atoms with van der Waals surface area (Å²) >= 11 is 0. The molecular weight excluding hydrogens is 312 g/mol. The number of nitrogens with zero attached hydrogens (tertiary/aromatic N) is 2. The number of terminal acetylenes is 1. The first kappa shape index (κ1) is 18.8. The van der Waals surface area contributed by atoms with Crippen LogP contribution in [0.5, 0.6) is 0 Å². The van der Waals surface area contributed by atoms with Gasteiger partial charge in [0.15, 0.2) is 0 Å². The molecule has 0 spiro atoms. The van der Waals surface area contributed by atoms with Crippen LogP contribution in [0.25, 0.3) is 0 Å². The maximum absolute atomic E-state index is 12.7. The summed E-state index contributed by atoms with van der Waals surface area (Å²) in [6.07, 6.45) is 9.90. The van der Waals surface area contributed by atoms with Crippen LogP contribution in [0.3, 0.4) is 0 Å². The fourth-order valence-electron chi connectivity index (χ4n) is 3.21. The van der Waals surface area contributed by atoms with Crippen LogP contribution in [0.15, 0.2) is 43.0 Å². The quantitative estimate of drug-likeness (QED) is 0.540. The molecule has 2 rings (SSSR count). The van der Waals surface area contributed by atoms with Gasteiger partial charge in [-0.3, -0.25) is 9.59 Å². The van der Waals surface area contributed by atoms with Crippen LogP contribution in [-0.2, 0) is 16.0 Å². The van der Waals surface area contributed by atoms with E-state index >= 15 is 0 Å². The van der Waals surface area contributed by atoms with Crippen LogP contribution >= 0.6 is 0 Å². The van der Waals surface area contributed by atoms with Crippen molar-refractivity contribution in [1.82, 2.24) is 9.80 Å². The summed E-state index contributed by atoms with van der Waals surface area (Å²) in [5.41, 5.74) is 1.27. The number of likely N-dealkylation sites (tertiary alicyclic amines) is 1. The zero-order valence-corrected chi connectivity index (χ0v) is 14.7. The van der Waals surface area contributed by atoms with Gasteiger partial charge in [0.2, 0.25) is 11.8 Å². The second-order valence-corrected chi connectivity index (χ2v) is 6.38. The molecule has 4 heteroatoms. The minimum Gasteiger partial charge on any atom is -0.342 e. The van der Waals surface area contributed by atoms with Crippen molar-refractivity contribution >= 4 is 11.8 Å². The normalized spacial score (nSPS) is 17.0. The highest BCUT2D eigenvalue weighted by Gasteiger charge is 2.32. The highest BCUT2D eigenvalue weighted by Crippen LogP contribution is 2.20. The molecule has 1 aliphatic rings. The molecule has 1 aliphatic heterocycles. The first-order valence-corrected chi connectivity index (χ1v) is 8.80. The Balaban J connectivity index is 1.89. The van der Waals surface area contributed by atoms with Gasteiger partial charge < -0.3 is 9.80 Å². The third-order valence-corrected chi connectivity index (χ3v) is 4.53. The molecule has 1 aromatic rings. The molecule has 0 bridgehead atoms. The molecule has 1 saturated heterocycles. The fraction of sp³-hybridized carbons (Fsp3) is 0.429. The number of carbonyl (C=O) groups excluding carboxylic acids is 2. The molecular formula is C21H26N2O2. The number of amides is 2. The van der Waals surface area contributed by atoms with Crippen molar-refractivity contribution in [2.45, 2.75) is 25.7 Å². The first-order valence-electron chi connectivity index (χ1n) is 8.80. The summed E-state index contributed by atoms with van der Waals surface area (Å²) in [6, 6.07) is 10.2. The molecule has 1 fully saturated rings. The molecule has 2 amide bonds. The van der Waals surface area contributed by atoms with E-state index in [1.165, 1.54) is 5.56 Å². The van der Waals surface area contributed by atoms with Crippen molar-refractivity contribution < 1.29 is 9.59 Å². The molecule has 0 unspecified atom stereocenters. The van der Waals surface area contributed by atoms with Gasteiger partial charge in [-0.1, -0.05) is 42.3 Å². The van der Waals surface area contributed by atoms with Crippen LogP contribution in [0, 0.1) is 18.3 Å². The second kappa shape index (κ2) is 9.68. The molecule has 1 heterocycles. The van der Waals surface area contributed by atoms with Gasteiger partial charge in [-0.05, 0) is 24.8 Å². The van der Waals surface area contributed by atoms with Gasteiger partial charge >= 0.3 is 0 Å². The molecule has 25 heavy (non-hydrogen) atoms. The van der Waals surface area contributed by atoms with Crippen LogP contribution in [0.4, 0.5) is 0 Å². The van der Waals surface area contributed by atoms with E-state index in [2.05, 4.69) is 24.6 Å². The van der Waals surface area contributed by atoms with Crippen molar-refractivity contribution in [2.75, 3.05) is 26.2 Å². The summed E-state index contributed by atoms with van der Waals surface area (Å²) in [5.74, 6) is 2.53. The van der Waals surface area contributed by atoms with E-state index in [0.29, 0.717) is 32.5 Å². The molecule has 132 valence electrons. The zero-order chi connectivity index (χ0) is 18.1. The average Bonchev–Trinajstić information content (AvgIpc) is 2.63. The number of hydrogen-bond acceptors (Lipinski definition) is 2. The third-order valence-electron chi connectivity index (χ3n) is 4.53. The molecule has 0 N–H and O–H groups in total. The largest absolute Gasteiger partial charge is 0.342 e. The Kier molecular flexibility index (Phi) is 7.28. The Labute approximate surface area is 150 Å². The van der Waals surface area contributed by atoms with E-state index in [9.17, 15) is 9.59 Å². The lowest BCUT2D eigenvalue weighted by molar-refractivity contribution is -0.142. The van der Waals surface area contributed by atoms with Gasteiger partial charge in [-0.25, -0.2) is 0 Å². The molecule has 0 radical (unpaired) electrons. The average molecular weight is 338 g/mol. The Morgan fingerprint density at radius 1 is 1.40 bits per heavy atom. The van der Waals surface area contributed by atoms with Crippen molar-refractivity contribution in [3.05, 3.63) is 48.6 Å².